The Morgan fingerprint density at radius 2 is 2.11 bits per heavy atom. The van der Waals surface area contributed by atoms with Crippen molar-refractivity contribution in [3.8, 4) is 6.19 Å². The van der Waals surface area contributed by atoms with E-state index in [0.29, 0.717) is 18.9 Å². The number of H-pyrrole nitrogens is 1. The van der Waals surface area contributed by atoms with Crippen LogP contribution < -0.4 is 10.9 Å². The van der Waals surface area contributed by atoms with E-state index in [0.717, 1.165) is 16.8 Å². The van der Waals surface area contributed by atoms with Crippen LogP contribution in [0.2, 0.25) is 0 Å². The highest BCUT2D eigenvalue weighted by molar-refractivity contribution is 6.45. The standard InChI is InChI=1S/C25H24FN9O2/c1-16-14-33(23(32-15-27)17-6-4-3-5-7-17)10-11-34(16)25(37)22(36)18-12-30-21-20(18)19(26)13-31-24(21)35(28)9-8-29-2/h3-9,12-13,16,30H,2,10-11,14,28H2,1H3/b9-8-,32-23+/t16-/m1/s1. The first-order chi connectivity index (χ1) is 17.9. The molecule has 1 aromatic carbocycles. The highest BCUT2D eigenvalue weighted by Crippen LogP contribution is 2.29. The normalized spacial score (nSPS) is 16.2. The lowest BCUT2D eigenvalue weighted by atomic mass is 10.1. The number of amidine groups is 1. The Kier molecular flexibility index (Phi) is 7.36. The molecule has 1 aliphatic rings. The zero-order chi connectivity index (χ0) is 26.5. The maximum Gasteiger partial charge on any atom is 0.295 e. The number of piperazine rings is 1. The molecular formula is C25H24FN9O2. The maximum atomic E-state index is 14.8. The molecule has 1 amide bonds. The average Bonchev–Trinajstić information content (AvgIpc) is 3.36. The average molecular weight is 502 g/mol. The van der Waals surface area contributed by atoms with Crippen LogP contribution >= 0.6 is 0 Å². The summed E-state index contributed by atoms with van der Waals surface area (Å²) in [5, 5.41) is 10.2. The van der Waals surface area contributed by atoms with Crippen molar-refractivity contribution in [2.75, 3.05) is 24.6 Å². The summed E-state index contributed by atoms with van der Waals surface area (Å²) in [6.07, 6.45) is 6.73. The van der Waals surface area contributed by atoms with E-state index in [1.54, 1.807) is 6.92 Å². The summed E-state index contributed by atoms with van der Waals surface area (Å²) < 4.78 is 14.8. The Morgan fingerprint density at radius 3 is 2.78 bits per heavy atom. The molecule has 11 nitrogen and oxygen atoms in total. The second-order valence-corrected chi connectivity index (χ2v) is 8.29. The predicted molar refractivity (Wildman–Crippen MR) is 137 cm³/mol. The van der Waals surface area contributed by atoms with Gasteiger partial charge in [0.2, 0.25) is 6.19 Å². The van der Waals surface area contributed by atoms with E-state index < -0.39 is 17.5 Å². The number of aliphatic imine (C=N–C) groups is 2. The molecule has 1 fully saturated rings. The lowest BCUT2D eigenvalue weighted by Crippen LogP contribution is -2.57. The molecular weight excluding hydrogens is 477 g/mol. The Balaban J connectivity index is 1.57. The summed E-state index contributed by atoms with van der Waals surface area (Å²) in [7, 11) is 0. The number of aromatic amines is 1. The number of hydrogen-bond donors (Lipinski definition) is 2. The van der Waals surface area contributed by atoms with Crippen molar-refractivity contribution in [1.29, 1.82) is 5.26 Å². The van der Waals surface area contributed by atoms with Crippen molar-refractivity contribution in [2.45, 2.75) is 13.0 Å². The van der Waals surface area contributed by atoms with Gasteiger partial charge >= 0.3 is 0 Å². The Morgan fingerprint density at radius 1 is 1.35 bits per heavy atom. The smallest absolute Gasteiger partial charge is 0.295 e. The molecule has 4 rings (SSSR count). The van der Waals surface area contributed by atoms with Crippen molar-refractivity contribution >= 4 is 41.0 Å². The zero-order valence-corrected chi connectivity index (χ0v) is 20.0. The van der Waals surface area contributed by atoms with Gasteiger partial charge in [0.25, 0.3) is 11.7 Å². The van der Waals surface area contributed by atoms with Crippen LogP contribution in [-0.4, -0.2) is 69.7 Å². The Hall–Kier alpha value is -4.89. The molecule has 3 heterocycles. The van der Waals surface area contributed by atoms with Gasteiger partial charge < -0.3 is 14.8 Å². The third-order valence-electron chi connectivity index (χ3n) is 6.03. The molecule has 0 spiro atoms. The number of pyridine rings is 1. The molecule has 3 N–H and O–H groups in total. The van der Waals surface area contributed by atoms with Gasteiger partial charge in [-0.05, 0) is 13.6 Å². The molecule has 12 heteroatoms. The molecule has 0 aliphatic carbocycles. The third kappa shape index (κ3) is 4.93. The number of Topliss-reactive ketones (excluding diaryl/α,β-unsaturated/α-hetero) is 1. The van der Waals surface area contributed by atoms with E-state index in [1.165, 1.54) is 23.5 Å². The number of carbonyl (C=O) groups is 2. The fourth-order valence-corrected chi connectivity index (χ4v) is 4.31. The lowest BCUT2D eigenvalue weighted by Gasteiger charge is -2.40. The van der Waals surface area contributed by atoms with Crippen LogP contribution in [0.15, 0.2) is 65.1 Å². The number of nitrogens with zero attached hydrogens (tertiary/aromatic N) is 7. The van der Waals surface area contributed by atoms with Crippen LogP contribution in [0.5, 0.6) is 0 Å². The minimum Gasteiger partial charge on any atom is -0.357 e. The number of halogens is 1. The molecule has 3 aromatic rings. The van der Waals surface area contributed by atoms with Gasteiger partial charge in [-0.2, -0.15) is 10.3 Å². The first kappa shape index (κ1) is 25.2. The van der Waals surface area contributed by atoms with Gasteiger partial charge in [-0.1, -0.05) is 30.3 Å². The zero-order valence-electron chi connectivity index (χ0n) is 20.0. The first-order valence-corrected chi connectivity index (χ1v) is 11.3. The molecule has 1 atom stereocenters. The highest BCUT2D eigenvalue weighted by atomic mass is 19.1. The Labute approximate surface area is 212 Å². The molecule has 0 unspecified atom stereocenters. The van der Waals surface area contributed by atoms with Crippen LogP contribution in [0.4, 0.5) is 10.2 Å². The van der Waals surface area contributed by atoms with Crippen molar-refractivity contribution in [1.82, 2.24) is 19.8 Å². The SMILES string of the molecule is C=N/C=C\N(N)c1ncc(F)c2c(C(=O)C(=O)N3CCN(/C(=N/C#N)c4ccccc4)C[C@H]3C)c[nH]c12. The minimum absolute atomic E-state index is 0.0856. The number of nitrogens with two attached hydrogens (primary N) is 1. The number of hydrogen-bond acceptors (Lipinski definition) is 8. The van der Waals surface area contributed by atoms with Gasteiger partial charge in [0, 0.05) is 49.8 Å². The van der Waals surface area contributed by atoms with E-state index >= 15 is 0 Å². The van der Waals surface area contributed by atoms with E-state index in [-0.39, 0.29) is 34.9 Å². The van der Waals surface area contributed by atoms with Crippen molar-refractivity contribution in [3.63, 3.8) is 0 Å². The molecule has 188 valence electrons. The second-order valence-electron chi connectivity index (χ2n) is 8.29. The topological polar surface area (TPSA) is 147 Å². The molecule has 1 aliphatic heterocycles. The molecule has 0 radical (unpaired) electrons. The van der Waals surface area contributed by atoms with Gasteiger partial charge in [0.05, 0.1) is 22.7 Å². The second kappa shape index (κ2) is 10.8. The maximum absolute atomic E-state index is 14.8. The van der Waals surface area contributed by atoms with Crippen LogP contribution in [0.1, 0.15) is 22.8 Å². The number of hydrazine groups is 1. The fourth-order valence-electron chi connectivity index (χ4n) is 4.31. The number of anilines is 1. The summed E-state index contributed by atoms with van der Waals surface area (Å²) in [6, 6.07) is 8.89. The van der Waals surface area contributed by atoms with Gasteiger partial charge in [-0.15, -0.1) is 0 Å². The number of ketones is 1. The van der Waals surface area contributed by atoms with Crippen LogP contribution in [-0.2, 0) is 4.79 Å². The minimum atomic E-state index is -0.858. The van der Waals surface area contributed by atoms with E-state index in [2.05, 4.69) is 26.7 Å². The van der Waals surface area contributed by atoms with Crippen LogP contribution in [0.25, 0.3) is 10.9 Å². The monoisotopic (exact) mass is 501 g/mol. The largest absolute Gasteiger partial charge is 0.357 e. The van der Waals surface area contributed by atoms with Crippen molar-refractivity contribution < 1.29 is 14.0 Å². The summed E-state index contributed by atoms with van der Waals surface area (Å²) in [4.78, 5) is 44.2. The molecule has 2 aromatic heterocycles. The van der Waals surface area contributed by atoms with Gasteiger partial charge in [0.1, 0.15) is 5.84 Å². The molecule has 1 saturated heterocycles. The van der Waals surface area contributed by atoms with E-state index in [9.17, 15) is 19.2 Å². The number of rotatable bonds is 6. The van der Waals surface area contributed by atoms with E-state index in [1.807, 2.05) is 41.4 Å². The summed E-state index contributed by atoms with van der Waals surface area (Å²) in [5.41, 5.74) is 0.815. The quantitative estimate of drug-likeness (QED) is 0.100. The van der Waals surface area contributed by atoms with E-state index in [4.69, 9.17) is 5.84 Å². The number of nitrogens with one attached hydrogen (secondary N) is 1. The third-order valence-corrected chi connectivity index (χ3v) is 6.03. The van der Waals surface area contributed by atoms with Crippen molar-refractivity contribution in [2.24, 2.45) is 15.8 Å². The number of carbonyl (C=O) groups excluding carboxylic acids is 2. The summed E-state index contributed by atoms with van der Waals surface area (Å²) >= 11 is 0. The summed E-state index contributed by atoms with van der Waals surface area (Å²) in [5.74, 6) is 4.18. The number of benzene rings is 1. The molecule has 37 heavy (non-hydrogen) atoms. The number of aromatic nitrogens is 2. The molecule has 0 bridgehead atoms. The number of amides is 1. The fraction of sp³-hybridized carbons (Fsp3) is 0.200. The van der Waals surface area contributed by atoms with Crippen LogP contribution in [0, 0.1) is 17.3 Å². The van der Waals surface area contributed by atoms with Gasteiger partial charge in [0.15, 0.2) is 11.6 Å². The Bertz CT molecular complexity index is 1440. The van der Waals surface area contributed by atoms with Gasteiger partial charge in [-0.25, -0.2) is 15.2 Å². The lowest BCUT2D eigenvalue weighted by molar-refractivity contribution is -0.130. The van der Waals surface area contributed by atoms with Crippen LogP contribution in [0.3, 0.4) is 0 Å². The summed E-state index contributed by atoms with van der Waals surface area (Å²) in [6.45, 7) is 6.06. The number of fused-ring (bicyclic) bond motifs is 1. The number of nitriles is 1. The molecule has 0 saturated carbocycles. The highest BCUT2D eigenvalue weighted by Gasteiger charge is 2.34. The van der Waals surface area contributed by atoms with Gasteiger partial charge in [-0.3, -0.25) is 19.6 Å². The first-order valence-electron chi connectivity index (χ1n) is 11.3. The predicted octanol–water partition coefficient (Wildman–Crippen LogP) is 2.20. The van der Waals surface area contributed by atoms with Crippen molar-refractivity contribution in [3.05, 3.63) is 72.1 Å².